The van der Waals surface area contributed by atoms with Crippen molar-refractivity contribution in [1.82, 2.24) is 5.32 Å². The third kappa shape index (κ3) is 4.86. The quantitative estimate of drug-likeness (QED) is 0.300. The zero-order chi connectivity index (χ0) is 25.8. The van der Waals surface area contributed by atoms with Crippen molar-refractivity contribution in [1.29, 1.82) is 0 Å². The topological polar surface area (TPSA) is 83.1 Å². The summed E-state index contributed by atoms with van der Waals surface area (Å²) in [6.07, 6.45) is 1.19. The zero-order valence-corrected chi connectivity index (χ0v) is 22.8. The summed E-state index contributed by atoms with van der Waals surface area (Å²) < 4.78 is 23.1. The van der Waals surface area contributed by atoms with Crippen molar-refractivity contribution in [3.8, 4) is 34.1 Å². The molecule has 3 aromatic rings. The molecular weight excluding hydrogens is 573 g/mol. The SMILES string of the molecule is COc1cc2c(c(OC)c1OC)-c1ccc(OC)c(=O)cc1C(NC(=O)c1cccc(CI)c1)CC2. The number of methoxy groups -OCH3 is 4. The number of hydrogen-bond acceptors (Lipinski definition) is 6. The van der Waals surface area contributed by atoms with Gasteiger partial charge in [0, 0.05) is 15.6 Å². The Kier molecular flexibility index (Phi) is 8.03. The number of carbonyl (C=O) groups excluding carboxylic acids is 1. The summed E-state index contributed by atoms with van der Waals surface area (Å²) in [6.45, 7) is 0. The van der Waals surface area contributed by atoms with E-state index in [1.165, 1.54) is 7.11 Å². The average molecular weight is 601 g/mol. The van der Waals surface area contributed by atoms with Crippen LogP contribution in [0.3, 0.4) is 0 Å². The predicted molar refractivity (Wildman–Crippen MR) is 147 cm³/mol. The van der Waals surface area contributed by atoms with Gasteiger partial charge in [-0.15, -0.1) is 0 Å². The molecule has 0 heterocycles. The van der Waals surface area contributed by atoms with Crippen LogP contribution >= 0.6 is 22.6 Å². The van der Waals surface area contributed by atoms with Gasteiger partial charge in [0.05, 0.1) is 34.5 Å². The van der Waals surface area contributed by atoms with Gasteiger partial charge in [-0.2, -0.15) is 0 Å². The number of nitrogens with one attached hydrogen (secondary N) is 1. The van der Waals surface area contributed by atoms with E-state index in [0.29, 0.717) is 41.2 Å². The first kappa shape index (κ1) is 25.8. The molecule has 0 saturated heterocycles. The van der Waals surface area contributed by atoms with Gasteiger partial charge in [0.1, 0.15) is 0 Å². The smallest absolute Gasteiger partial charge is 0.251 e. The van der Waals surface area contributed by atoms with Crippen molar-refractivity contribution in [3.05, 3.63) is 81.0 Å². The van der Waals surface area contributed by atoms with E-state index in [2.05, 4.69) is 27.9 Å². The molecule has 0 fully saturated rings. The molecule has 1 aliphatic rings. The van der Waals surface area contributed by atoms with Crippen LogP contribution in [-0.2, 0) is 10.8 Å². The Morgan fingerprint density at radius 1 is 0.944 bits per heavy atom. The van der Waals surface area contributed by atoms with Gasteiger partial charge in [-0.1, -0.05) is 40.8 Å². The van der Waals surface area contributed by atoms with E-state index < -0.39 is 6.04 Å². The Labute approximate surface area is 223 Å². The van der Waals surface area contributed by atoms with E-state index in [1.54, 1.807) is 39.5 Å². The Morgan fingerprint density at radius 3 is 2.36 bits per heavy atom. The van der Waals surface area contributed by atoms with Crippen molar-refractivity contribution in [2.24, 2.45) is 0 Å². The lowest BCUT2D eigenvalue weighted by atomic mass is 9.95. The Hall–Kier alpha value is -3.27. The van der Waals surface area contributed by atoms with Crippen LogP contribution in [0.1, 0.15) is 39.5 Å². The molecule has 1 amide bonds. The number of alkyl halides is 1. The van der Waals surface area contributed by atoms with Gasteiger partial charge in [0.25, 0.3) is 5.91 Å². The lowest BCUT2D eigenvalue weighted by molar-refractivity contribution is 0.0935. The van der Waals surface area contributed by atoms with Crippen LogP contribution in [0.4, 0.5) is 0 Å². The lowest BCUT2D eigenvalue weighted by Crippen LogP contribution is -2.29. The van der Waals surface area contributed by atoms with Gasteiger partial charge in [0.2, 0.25) is 11.2 Å². The van der Waals surface area contributed by atoms with Gasteiger partial charge >= 0.3 is 0 Å². The molecular formula is C28H28INO6. The van der Waals surface area contributed by atoms with Crippen LogP contribution in [-0.4, -0.2) is 34.3 Å². The first-order valence-electron chi connectivity index (χ1n) is 11.5. The van der Waals surface area contributed by atoms with E-state index in [1.807, 2.05) is 30.3 Å². The minimum atomic E-state index is -0.422. The second-order valence-electron chi connectivity index (χ2n) is 8.36. The van der Waals surface area contributed by atoms with Crippen LogP contribution in [0.25, 0.3) is 11.1 Å². The molecule has 0 bridgehead atoms. The summed E-state index contributed by atoms with van der Waals surface area (Å²) >= 11 is 2.27. The van der Waals surface area contributed by atoms with Crippen molar-refractivity contribution < 1.29 is 23.7 Å². The third-order valence-electron chi connectivity index (χ3n) is 6.37. The standard InChI is InChI=1S/C28H28INO6/c1-33-23-11-9-19-20(14-22(23)31)21(30-28(32)18-7-5-6-16(12-18)15-29)10-8-17-13-24(34-2)26(35-3)27(36-4)25(17)19/h5-7,9,11-14,21H,8,10,15H2,1-4H3,(H,30,32). The molecule has 1 atom stereocenters. The van der Waals surface area contributed by atoms with Gasteiger partial charge in [-0.05, 0) is 65.4 Å². The Morgan fingerprint density at radius 2 is 1.69 bits per heavy atom. The van der Waals surface area contributed by atoms with E-state index in [4.69, 9.17) is 18.9 Å². The number of ether oxygens (including phenoxy) is 4. The molecule has 36 heavy (non-hydrogen) atoms. The van der Waals surface area contributed by atoms with Crippen molar-refractivity contribution in [3.63, 3.8) is 0 Å². The fourth-order valence-electron chi connectivity index (χ4n) is 4.65. The predicted octanol–water partition coefficient (Wildman–Crippen LogP) is 5.10. The van der Waals surface area contributed by atoms with E-state index >= 15 is 0 Å². The van der Waals surface area contributed by atoms with Crippen LogP contribution in [0.5, 0.6) is 23.0 Å². The molecule has 7 nitrogen and oxygen atoms in total. The minimum Gasteiger partial charge on any atom is -0.493 e. The molecule has 0 aromatic heterocycles. The van der Waals surface area contributed by atoms with Crippen molar-refractivity contribution in [2.45, 2.75) is 23.3 Å². The molecule has 4 rings (SSSR count). The van der Waals surface area contributed by atoms with E-state index in [0.717, 1.165) is 26.7 Å². The van der Waals surface area contributed by atoms with E-state index in [9.17, 15) is 9.59 Å². The third-order valence-corrected chi connectivity index (χ3v) is 7.25. The molecule has 1 N–H and O–H groups in total. The van der Waals surface area contributed by atoms with Crippen molar-refractivity contribution >= 4 is 28.5 Å². The highest BCUT2D eigenvalue weighted by Gasteiger charge is 2.30. The highest BCUT2D eigenvalue weighted by molar-refractivity contribution is 14.1. The summed E-state index contributed by atoms with van der Waals surface area (Å²) in [4.78, 5) is 26.3. The fraction of sp³-hybridized carbons (Fsp3) is 0.286. The van der Waals surface area contributed by atoms with Gasteiger partial charge < -0.3 is 24.3 Å². The minimum absolute atomic E-state index is 0.198. The summed E-state index contributed by atoms with van der Waals surface area (Å²) in [5.74, 6) is 1.53. The highest BCUT2D eigenvalue weighted by Crippen LogP contribution is 2.50. The number of rotatable bonds is 7. The van der Waals surface area contributed by atoms with Gasteiger partial charge in [-0.25, -0.2) is 0 Å². The fourth-order valence-corrected chi connectivity index (χ4v) is 5.13. The maximum atomic E-state index is 13.3. The number of amides is 1. The second-order valence-corrected chi connectivity index (χ2v) is 9.12. The average Bonchev–Trinajstić information content (AvgIpc) is 3.15. The first-order valence-corrected chi connectivity index (χ1v) is 13.0. The van der Waals surface area contributed by atoms with Gasteiger partial charge in [0.15, 0.2) is 17.2 Å². The van der Waals surface area contributed by atoms with E-state index in [-0.39, 0.29) is 17.1 Å². The van der Waals surface area contributed by atoms with Crippen LogP contribution < -0.4 is 29.7 Å². The summed E-state index contributed by atoms with van der Waals surface area (Å²) in [5, 5.41) is 3.17. The summed E-state index contributed by atoms with van der Waals surface area (Å²) in [5.41, 5.74) is 4.58. The van der Waals surface area contributed by atoms with Crippen LogP contribution in [0.15, 0.2) is 53.3 Å². The molecule has 8 heteroatoms. The van der Waals surface area contributed by atoms with Crippen LogP contribution in [0.2, 0.25) is 0 Å². The number of aryl methyl sites for hydroxylation is 1. The number of benzene rings is 2. The molecule has 0 saturated carbocycles. The molecule has 0 spiro atoms. The summed E-state index contributed by atoms with van der Waals surface area (Å²) in [6, 6.07) is 14.1. The number of fused-ring (bicyclic) bond motifs is 3. The normalized spacial score (nSPS) is 14.1. The molecule has 188 valence electrons. The Bertz CT molecular complexity index is 1360. The number of halogens is 1. The zero-order valence-electron chi connectivity index (χ0n) is 20.6. The largest absolute Gasteiger partial charge is 0.493 e. The maximum Gasteiger partial charge on any atom is 0.251 e. The molecule has 0 radical (unpaired) electrons. The molecule has 0 aliphatic heterocycles. The second kappa shape index (κ2) is 11.2. The highest BCUT2D eigenvalue weighted by atomic mass is 127. The number of carbonyl (C=O) groups is 1. The molecule has 1 aliphatic carbocycles. The van der Waals surface area contributed by atoms with Crippen LogP contribution in [0, 0.1) is 0 Å². The maximum absolute atomic E-state index is 13.3. The number of hydrogen-bond donors (Lipinski definition) is 1. The first-order chi connectivity index (χ1) is 17.4. The monoisotopic (exact) mass is 601 g/mol. The summed E-state index contributed by atoms with van der Waals surface area (Å²) in [7, 11) is 6.17. The van der Waals surface area contributed by atoms with Crippen molar-refractivity contribution in [2.75, 3.05) is 28.4 Å². The molecule has 1 unspecified atom stereocenters. The lowest BCUT2D eigenvalue weighted by Gasteiger charge is -2.20. The Balaban J connectivity index is 1.91. The molecule has 3 aromatic carbocycles. The van der Waals surface area contributed by atoms with Gasteiger partial charge in [-0.3, -0.25) is 9.59 Å².